The van der Waals surface area contributed by atoms with Gasteiger partial charge < -0.3 is 0 Å². The molecule has 0 spiro atoms. The van der Waals surface area contributed by atoms with Crippen molar-refractivity contribution in [3.05, 3.63) is 68.7 Å². The van der Waals surface area contributed by atoms with E-state index in [9.17, 15) is 5.26 Å². The van der Waals surface area contributed by atoms with Crippen LogP contribution in [0.15, 0.2) is 42.5 Å². The second-order valence-electron chi connectivity index (χ2n) is 4.11. The fraction of sp³-hybridized carbons (Fsp3) is 0.133. The molecule has 2 rings (SSSR count). The molecule has 96 valence electrons. The van der Waals surface area contributed by atoms with Gasteiger partial charge in [-0.1, -0.05) is 59.1 Å². The predicted molar refractivity (Wildman–Crippen MR) is 80.0 cm³/mol. The summed E-state index contributed by atoms with van der Waals surface area (Å²) in [7, 11) is 0. The molecule has 0 saturated carbocycles. The molecule has 0 amide bonds. The molecule has 19 heavy (non-hydrogen) atoms. The molecular weight excluding hydrogens is 301 g/mol. The fourth-order valence-corrected chi connectivity index (χ4v) is 2.73. The molecule has 1 atom stereocenters. The highest BCUT2D eigenvalue weighted by atomic mass is 35.5. The minimum absolute atomic E-state index is 0.369. The largest absolute Gasteiger partial charge is 0.198 e. The van der Waals surface area contributed by atoms with Crippen LogP contribution in [0.4, 0.5) is 0 Å². The van der Waals surface area contributed by atoms with Crippen LogP contribution in [0.2, 0.25) is 15.1 Å². The highest BCUT2D eigenvalue weighted by Crippen LogP contribution is 2.32. The van der Waals surface area contributed by atoms with Crippen molar-refractivity contribution < 1.29 is 0 Å². The van der Waals surface area contributed by atoms with Gasteiger partial charge >= 0.3 is 0 Å². The Bertz CT molecular complexity index is 611. The van der Waals surface area contributed by atoms with Gasteiger partial charge in [-0.05, 0) is 35.7 Å². The Balaban J connectivity index is 2.36. The van der Waals surface area contributed by atoms with Crippen LogP contribution in [0.3, 0.4) is 0 Å². The summed E-state index contributed by atoms with van der Waals surface area (Å²) in [6, 6.07) is 14.9. The Morgan fingerprint density at radius 1 is 0.895 bits per heavy atom. The van der Waals surface area contributed by atoms with E-state index in [1.54, 1.807) is 24.3 Å². The van der Waals surface area contributed by atoms with Crippen LogP contribution in [0.25, 0.3) is 0 Å². The topological polar surface area (TPSA) is 23.8 Å². The molecule has 0 aliphatic rings. The molecule has 2 aromatic rings. The van der Waals surface area contributed by atoms with Crippen LogP contribution in [-0.2, 0) is 6.42 Å². The van der Waals surface area contributed by atoms with Crippen molar-refractivity contribution in [3.8, 4) is 6.07 Å². The zero-order valence-electron chi connectivity index (χ0n) is 9.91. The van der Waals surface area contributed by atoms with E-state index in [2.05, 4.69) is 6.07 Å². The number of rotatable bonds is 3. The van der Waals surface area contributed by atoms with Gasteiger partial charge in [0.2, 0.25) is 0 Å². The summed E-state index contributed by atoms with van der Waals surface area (Å²) in [6.45, 7) is 0. The molecule has 0 radical (unpaired) electrons. The summed E-state index contributed by atoms with van der Waals surface area (Å²) in [4.78, 5) is 0. The molecule has 2 aromatic carbocycles. The number of nitrogens with zero attached hydrogens (tertiary/aromatic N) is 1. The smallest absolute Gasteiger partial charge is 0.0768 e. The lowest BCUT2D eigenvalue weighted by Crippen LogP contribution is -2.02. The Labute approximate surface area is 127 Å². The van der Waals surface area contributed by atoms with Crippen molar-refractivity contribution in [2.75, 3.05) is 0 Å². The average molecular weight is 311 g/mol. The number of benzene rings is 2. The number of hydrogen-bond acceptors (Lipinski definition) is 1. The number of hydrogen-bond donors (Lipinski definition) is 0. The van der Waals surface area contributed by atoms with Crippen LogP contribution >= 0.6 is 34.8 Å². The van der Waals surface area contributed by atoms with Crippen LogP contribution < -0.4 is 0 Å². The van der Waals surface area contributed by atoms with Crippen molar-refractivity contribution in [1.29, 1.82) is 5.26 Å². The zero-order chi connectivity index (χ0) is 13.8. The molecule has 0 saturated heterocycles. The molecule has 1 nitrogen and oxygen atoms in total. The van der Waals surface area contributed by atoms with Gasteiger partial charge in [0.1, 0.15) is 0 Å². The summed E-state index contributed by atoms with van der Waals surface area (Å²) in [5, 5.41) is 11.1. The van der Waals surface area contributed by atoms with E-state index in [1.807, 2.05) is 18.2 Å². The predicted octanol–water partition coefficient (Wildman–Crippen LogP) is 5.50. The van der Waals surface area contributed by atoms with E-state index in [0.29, 0.717) is 21.5 Å². The lowest BCUT2D eigenvalue weighted by molar-refractivity contribution is 0.850. The molecule has 0 aliphatic carbocycles. The monoisotopic (exact) mass is 309 g/mol. The lowest BCUT2D eigenvalue weighted by atomic mass is 9.93. The van der Waals surface area contributed by atoms with Crippen molar-refractivity contribution in [2.45, 2.75) is 12.3 Å². The normalized spacial score (nSPS) is 11.9. The summed E-state index contributed by atoms with van der Waals surface area (Å²) >= 11 is 18.4. The first kappa shape index (κ1) is 14.2. The van der Waals surface area contributed by atoms with Gasteiger partial charge in [-0.3, -0.25) is 0 Å². The van der Waals surface area contributed by atoms with Crippen molar-refractivity contribution in [1.82, 2.24) is 0 Å². The van der Waals surface area contributed by atoms with Gasteiger partial charge in [-0.15, -0.1) is 0 Å². The van der Waals surface area contributed by atoms with Gasteiger partial charge in [0, 0.05) is 15.1 Å². The van der Waals surface area contributed by atoms with E-state index in [-0.39, 0.29) is 5.92 Å². The Hall–Kier alpha value is -1.20. The second kappa shape index (κ2) is 6.30. The van der Waals surface area contributed by atoms with E-state index in [4.69, 9.17) is 34.8 Å². The quantitative estimate of drug-likeness (QED) is 0.734. The van der Waals surface area contributed by atoms with Crippen LogP contribution in [0.1, 0.15) is 17.0 Å². The summed E-state index contributed by atoms with van der Waals surface area (Å²) in [5.41, 5.74) is 1.57. The molecule has 0 aliphatic heterocycles. The van der Waals surface area contributed by atoms with Gasteiger partial charge in [0.15, 0.2) is 0 Å². The maximum atomic E-state index is 9.35. The van der Waals surface area contributed by atoms with E-state index < -0.39 is 0 Å². The van der Waals surface area contributed by atoms with Gasteiger partial charge in [-0.2, -0.15) is 5.26 Å². The minimum atomic E-state index is -0.369. The minimum Gasteiger partial charge on any atom is -0.198 e. The number of nitriles is 1. The summed E-state index contributed by atoms with van der Waals surface area (Å²) in [6.07, 6.45) is 0.443. The highest BCUT2D eigenvalue weighted by molar-refractivity contribution is 6.36. The molecular formula is C15H10Cl3N. The van der Waals surface area contributed by atoms with Crippen LogP contribution in [0.5, 0.6) is 0 Å². The summed E-state index contributed by atoms with van der Waals surface area (Å²) in [5.74, 6) is -0.369. The first-order chi connectivity index (χ1) is 9.13. The molecule has 0 unspecified atom stereocenters. The van der Waals surface area contributed by atoms with Gasteiger partial charge in [0.05, 0.1) is 12.0 Å². The first-order valence-electron chi connectivity index (χ1n) is 5.70. The molecule has 0 fully saturated rings. The SMILES string of the molecule is N#C[C@H](Cc1c(Cl)cccc1Cl)c1ccccc1Cl. The standard InChI is InChI=1S/C15H10Cl3N/c16-13-5-2-1-4-11(13)10(9-19)8-12-14(17)6-3-7-15(12)18/h1-7,10H,8H2/t10-/m0/s1. The third-order valence-corrected chi connectivity index (χ3v) is 3.96. The molecule has 0 N–H and O–H groups in total. The zero-order valence-corrected chi connectivity index (χ0v) is 12.2. The van der Waals surface area contributed by atoms with Gasteiger partial charge in [0.25, 0.3) is 0 Å². The van der Waals surface area contributed by atoms with Crippen LogP contribution in [-0.4, -0.2) is 0 Å². The number of halogens is 3. The second-order valence-corrected chi connectivity index (χ2v) is 5.33. The third kappa shape index (κ3) is 3.22. The lowest BCUT2D eigenvalue weighted by Gasteiger charge is -2.13. The maximum absolute atomic E-state index is 9.35. The maximum Gasteiger partial charge on any atom is 0.0768 e. The summed E-state index contributed by atoms with van der Waals surface area (Å²) < 4.78 is 0. The van der Waals surface area contributed by atoms with E-state index in [1.165, 1.54) is 0 Å². The third-order valence-electron chi connectivity index (χ3n) is 2.91. The highest BCUT2D eigenvalue weighted by Gasteiger charge is 2.17. The van der Waals surface area contributed by atoms with E-state index in [0.717, 1.165) is 11.1 Å². The molecule has 0 bridgehead atoms. The average Bonchev–Trinajstić information content (AvgIpc) is 2.40. The molecule has 0 heterocycles. The van der Waals surface area contributed by atoms with Crippen molar-refractivity contribution in [2.24, 2.45) is 0 Å². The Morgan fingerprint density at radius 3 is 2.05 bits per heavy atom. The molecule has 0 aromatic heterocycles. The Kier molecular flexibility index (Phi) is 4.71. The van der Waals surface area contributed by atoms with Crippen molar-refractivity contribution >= 4 is 34.8 Å². The van der Waals surface area contributed by atoms with Crippen LogP contribution in [0, 0.1) is 11.3 Å². The van der Waals surface area contributed by atoms with Crippen molar-refractivity contribution in [3.63, 3.8) is 0 Å². The Morgan fingerprint density at radius 2 is 1.47 bits per heavy atom. The fourth-order valence-electron chi connectivity index (χ4n) is 1.91. The first-order valence-corrected chi connectivity index (χ1v) is 6.83. The van der Waals surface area contributed by atoms with E-state index >= 15 is 0 Å². The van der Waals surface area contributed by atoms with Gasteiger partial charge in [-0.25, -0.2) is 0 Å². The molecule has 4 heteroatoms.